The Morgan fingerprint density at radius 3 is 2.70 bits per heavy atom. The van der Waals surface area contributed by atoms with Crippen molar-refractivity contribution in [2.75, 3.05) is 17.2 Å². The van der Waals surface area contributed by atoms with E-state index in [-0.39, 0.29) is 0 Å². The SMILES string of the molecule is CCN(Cc1ccccc1N)c1nc(C)cc(C#N)n1. The molecule has 0 atom stereocenters. The highest BCUT2D eigenvalue weighted by Crippen LogP contribution is 2.17. The topological polar surface area (TPSA) is 78.8 Å². The Morgan fingerprint density at radius 2 is 2.05 bits per heavy atom. The molecule has 2 N–H and O–H groups in total. The molecule has 20 heavy (non-hydrogen) atoms. The lowest BCUT2D eigenvalue weighted by molar-refractivity contribution is 0.787. The molecule has 0 spiro atoms. The van der Waals surface area contributed by atoms with Crippen molar-refractivity contribution in [2.24, 2.45) is 0 Å². The molecule has 0 aliphatic heterocycles. The number of hydrogen-bond acceptors (Lipinski definition) is 5. The number of aryl methyl sites for hydroxylation is 1. The molecule has 5 heteroatoms. The normalized spacial score (nSPS) is 10.1. The van der Waals surface area contributed by atoms with Crippen LogP contribution in [-0.2, 0) is 6.54 Å². The number of aromatic nitrogens is 2. The highest BCUT2D eigenvalue weighted by atomic mass is 15.2. The summed E-state index contributed by atoms with van der Waals surface area (Å²) >= 11 is 0. The van der Waals surface area contributed by atoms with Gasteiger partial charge in [-0.25, -0.2) is 9.97 Å². The molecule has 102 valence electrons. The van der Waals surface area contributed by atoms with Gasteiger partial charge in [-0.3, -0.25) is 0 Å². The van der Waals surface area contributed by atoms with Crippen LogP contribution in [0.1, 0.15) is 23.9 Å². The van der Waals surface area contributed by atoms with E-state index in [1.54, 1.807) is 6.07 Å². The number of nitrogens with two attached hydrogens (primary N) is 1. The average molecular weight is 267 g/mol. The molecule has 2 rings (SSSR count). The van der Waals surface area contributed by atoms with Crippen LogP contribution in [0.4, 0.5) is 11.6 Å². The van der Waals surface area contributed by atoms with Gasteiger partial charge in [-0.1, -0.05) is 18.2 Å². The molecule has 0 bridgehead atoms. The smallest absolute Gasteiger partial charge is 0.227 e. The highest BCUT2D eigenvalue weighted by molar-refractivity contribution is 5.49. The van der Waals surface area contributed by atoms with Crippen molar-refractivity contribution in [2.45, 2.75) is 20.4 Å². The summed E-state index contributed by atoms with van der Waals surface area (Å²) in [5.41, 5.74) is 8.91. The summed E-state index contributed by atoms with van der Waals surface area (Å²) in [5, 5.41) is 9.00. The molecule has 2 aromatic rings. The Morgan fingerprint density at radius 1 is 1.30 bits per heavy atom. The predicted octanol–water partition coefficient (Wildman–Crippen LogP) is 2.27. The maximum atomic E-state index is 9.00. The van der Waals surface area contributed by atoms with Gasteiger partial charge in [-0.2, -0.15) is 5.26 Å². The van der Waals surface area contributed by atoms with E-state index in [0.29, 0.717) is 18.2 Å². The van der Waals surface area contributed by atoms with Gasteiger partial charge in [-0.05, 0) is 31.5 Å². The van der Waals surface area contributed by atoms with Gasteiger partial charge in [-0.15, -0.1) is 0 Å². The summed E-state index contributed by atoms with van der Waals surface area (Å²) in [6.07, 6.45) is 0. The van der Waals surface area contributed by atoms with Crippen LogP contribution in [0.25, 0.3) is 0 Å². The summed E-state index contributed by atoms with van der Waals surface area (Å²) in [4.78, 5) is 10.7. The van der Waals surface area contributed by atoms with Gasteiger partial charge in [0.25, 0.3) is 0 Å². The van der Waals surface area contributed by atoms with Crippen molar-refractivity contribution >= 4 is 11.6 Å². The molecule has 0 unspecified atom stereocenters. The maximum Gasteiger partial charge on any atom is 0.227 e. The van der Waals surface area contributed by atoms with Gasteiger partial charge in [0, 0.05) is 24.5 Å². The quantitative estimate of drug-likeness (QED) is 0.860. The Balaban J connectivity index is 2.31. The van der Waals surface area contributed by atoms with Gasteiger partial charge in [0.1, 0.15) is 11.8 Å². The Kier molecular flexibility index (Phi) is 4.16. The van der Waals surface area contributed by atoms with Crippen molar-refractivity contribution in [3.63, 3.8) is 0 Å². The van der Waals surface area contributed by atoms with E-state index in [1.807, 2.05) is 43.0 Å². The number of rotatable bonds is 4. The lowest BCUT2D eigenvalue weighted by Crippen LogP contribution is -2.25. The van der Waals surface area contributed by atoms with Gasteiger partial charge in [0.15, 0.2) is 0 Å². The van der Waals surface area contributed by atoms with Crippen molar-refractivity contribution in [1.82, 2.24) is 9.97 Å². The van der Waals surface area contributed by atoms with E-state index < -0.39 is 0 Å². The fourth-order valence-electron chi connectivity index (χ4n) is 1.96. The van der Waals surface area contributed by atoms with E-state index in [4.69, 9.17) is 11.0 Å². The fraction of sp³-hybridized carbons (Fsp3) is 0.267. The van der Waals surface area contributed by atoms with Gasteiger partial charge in [0.2, 0.25) is 5.95 Å². The van der Waals surface area contributed by atoms with Crippen molar-refractivity contribution in [3.8, 4) is 6.07 Å². The summed E-state index contributed by atoms with van der Waals surface area (Å²) in [7, 11) is 0. The molecular weight excluding hydrogens is 250 g/mol. The molecule has 1 aromatic carbocycles. The van der Waals surface area contributed by atoms with Gasteiger partial charge >= 0.3 is 0 Å². The molecule has 0 aliphatic carbocycles. The van der Waals surface area contributed by atoms with Crippen LogP contribution in [0.5, 0.6) is 0 Å². The summed E-state index contributed by atoms with van der Waals surface area (Å²) in [6.45, 7) is 5.24. The monoisotopic (exact) mass is 267 g/mol. The zero-order valence-electron chi connectivity index (χ0n) is 11.7. The fourth-order valence-corrected chi connectivity index (χ4v) is 1.96. The van der Waals surface area contributed by atoms with Crippen LogP contribution >= 0.6 is 0 Å². The van der Waals surface area contributed by atoms with Gasteiger partial charge < -0.3 is 10.6 Å². The first-order valence-corrected chi connectivity index (χ1v) is 6.48. The molecule has 1 aromatic heterocycles. The van der Waals surface area contributed by atoms with E-state index in [1.165, 1.54) is 0 Å². The van der Waals surface area contributed by atoms with Crippen molar-refractivity contribution in [3.05, 3.63) is 47.3 Å². The van der Waals surface area contributed by atoms with Crippen molar-refractivity contribution in [1.29, 1.82) is 5.26 Å². The minimum absolute atomic E-state index is 0.381. The second-order valence-corrected chi connectivity index (χ2v) is 4.52. The molecule has 5 nitrogen and oxygen atoms in total. The van der Waals surface area contributed by atoms with Crippen LogP contribution in [0, 0.1) is 18.3 Å². The first kappa shape index (κ1) is 13.8. The van der Waals surface area contributed by atoms with E-state index in [9.17, 15) is 0 Å². The van der Waals surface area contributed by atoms with E-state index in [0.717, 1.165) is 23.5 Å². The molecule has 0 fully saturated rings. The zero-order valence-corrected chi connectivity index (χ0v) is 11.7. The largest absolute Gasteiger partial charge is 0.398 e. The number of anilines is 2. The van der Waals surface area contributed by atoms with Crippen molar-refractivity contribution < 1.29 is 0 Å². The number of nitriles is 1. The minimum atomic E-state index is 0.381. The Hall–Kier alpha value is -2.61. The van der Waals surface area contributed by atoms with Crippen LogP contribution in [-0.4, -0.2) is 16.5 Å². The second kappa shape index (κ2) is 6.02. The number of hydrogen-bond donors (Lipinski definition) is 1. The average Bonchev–Trinajstić information content (AvgIpc) is 2.45. The number of nitrogens with zero attached hydrogens (tertiary/aromatic N) is 4. The molecule has 0 aliphatic rings. The molecule has 1 heterocycles. The van der Waals surface area contributed by atoms with E-state index in [2.05, 4.69) is 16.0 Å². The molecule has 0 amide bonds. The van der Waals surface area contributed by atoms with Gasteiger partial charge in [0.05, 0.1) is 0 Å². The highest BCUT2D eigenvalue weighted by Gasteiger charge is 2.11. The van der Waals surface area contributed by atoms with Crippen LogP contribution in [0.2, 0.25) is 0 Å². The second-order valence-electron chi connectivity index (χ2n) is 4.52. The Bertz CT molecular complexity index is 645. The lowest BCUT2D eigenvalue weighted by atomic mass is 10.1. The predicted molar refractivity (Wildman–Crippen MR) is 79.1 cm³/mol. The third-order valence-corrected chi connectivity index (χ3v) is 3.04. The minimum Gasteiger partial charge on any atom is -0.398 e. The number of benzene rings is 1. The maximum absolute atomic E-state index is 9.00. The summed E-state index contributed by atoms with van der Waals surface area (Å²) < 4.78 is 0. The lowest BCUT2D eigenvalue weighted by Gasteiger charge is -2.22. The van der Waals surface area contributed by atoms with E-state index >= 15 is 0 Å². The molecular formula is C15H17N5. The standard InChI is InChI=1S/C15H17N5/c1-3-20(10-12-6-4-5-7-14(12)17)15-18-11(2)8-13(9-16)19-15/h4-8H,3,10,17H2,1-2H3. The van der Waals surface area contributed by atoms with Crippen LogP contribution < -0.4 is 10.6 Å². The third kappa shape index (κ3) is 3.04. The summed E-state index contributed by atoms with van der Waals surface area (Å²) in [6, 6.07) is 11.5. The number of para-hydroxylation sites is 1. The third-order valence-electron chi connectivity index (χ3n) is 3.04. The zero-order chi connectivity index (χ0) is 14.5. The molecule has 0 radical (unpaired) electrons. The Labute approximate surface area is 118 Å². The first-order chi connectivity index (χ1) is 9.63. The first-order valence-electron chi connectivity index (χ1n) is 6.48. The van der Waals surface area contributed by atoms with Crippen LogP contribution in [0.3, 0.4) is 0 Å². The molecule has 0 saturated carbocycles. The molecule has 0 saturated heterocycles. The number of nitrogen functional groups attached to an aromatic ring is 1. The van der Waals surface area contributed by atoms with Crippen LogP contribution in [0.15, 0.2) is 30.3 Å². The summed E-state index contributed by atoms with van der Waals surface area (Å²) in [5.74, 6) is 0.562.